The van der Waals surface area contributed by atoms with Crippen molar-refractivity contribution in [3.05, 3.63) is 29.8 Å². The molecule has 0 aliphatic heterocycles. The number of nitriles is 1. The summed E-state index contributed by atoms with van der Waals surface area (Å²) in [5.41, 5.74) is 0.457. The third-order valence-electron chi connectivity index (χ3n) is 2.07. The number of carboxylic acids is 1. The summed E-state index contributed by atoms with van der Waals surface area (Å²) >= 11 is 0. The molecule has 0 fully saturated rings. The molecular weight excluding hydrogens is 230 g/mol. The van der Waals surface area contributed by atoms with E-state index in [1.807, 2.05) is 26.8 Å². The molecule has 4 heteroatoms. The van der Waals surface area contributed by atoms with Gasteiger partial charge in [-0.3, -0.25) is 0 Å². The molecule has 0 heterocycles. The van der Waals surface area contributed by atoms with Crippen molar-refractivity contribution in [1.29, 1.82) is 5.26 Å². The van der Waals surface area contributed by atoms with Crippen LogP contribution in [0.15, 0.2) is 24.3 Å². The zero-order valence-corrected chi connectivity index (χ0v) is 11.0. The number of carboxylic acid groups (broad SMARTS) is 1. The molecule has 0 saturated carbocycles. The Morgan fingerprint density at radius 2 is 2.17 bits per heavy atom. The molecule has 0 spiro atoms. The van der Waals surface area contributed by atoms with Gasteiger partial charge in [-0.15, -0.1) is 0 Å². The third-order valence-corrected chi connectivity index (χ3v) is 2.07. The number of nitrogens with zero attached hydrogens (tertiary/aromatic N) is 1. The minimum absolute atomic E-state index is 0.417. The third kappa shape index (κ3) is 5.35. The van der Waals surface area contributed by atoms with E-state index in [1.165, 1.54) is 6.07 Å². The van der Waals surface area contributed by atoms with Gasteiger partial charge in [0.2, 0.25) is 0 Å². The van der Waals surface area contributed by atoms with Crippen LogP contribution in [0.25, 0.3) is 0 Å². The molecule has 4 nitrogen and oxygen atoms in total. The fraction of sp³-hybridized carbons (Fsp3) is 0.429. The van der Waals surface area contributed by atoms with Crippen LogP contribution in [0.4, 0.5) is 0 Å². The summed E-state index contributed by atoms with van der Waals surface area (Å²) in [7, 11) is 0. The maximum atomic E-state index is 10.9. The quantitative estimate of drug-likeness (QED) is 0.869. The highest BCUT2D eigenvalue weighted by Gasteiger charge is 2.17. The average Bonchev–Trinajstić information content (AvgIpc) is 2.40. The summed E-state index contributed by atoms with van der Waals surface area (Å²) < 4.78 is 5.31. The average molecular weight is 249 g/mol. The molecule has 1 aromatic carbocycles. The smallest absolute Gasteiger partial charge is 0.344 e. The Bertz CT molecular complexity index is 410. The molecule has 0 bridgehead atoms. The Hall–Kier alpha value is -2.02. The van der Waals surface area contributed by atoms with E-state index in [0.29, 0.717) is 17.7 Å². The summed E-state index contributed by atoms with van der Waals surface area (Å²) in [6.45, 7) is 5.89. The Kier molecular flexibility index (Phi) is 8.04. The van der Waals surface area contributed by atoms with Gasteiger partial charge in [-0.05, 0) is 24.6 Å². The highest BCUT2D eigenvalue weighted by atomic mass is 16.5. The molecule has 1 rings (SSSR count). The molecule has 0 aliphatic carbocycles. The van der Waals surface area contributed by atoms with Crippen LogP contribution in [-0.2, 0) is 4.79 Å². The predicted molar refractivity (Wildman–Crippen MR) is 69.5 cm³/mol. The zero-order chi connectivity index (χ0) is 14.0. The second-order valence-corrected chi connectivity index (χ2v) is 3.37. The van der Waals surface area contributed by atoms with E-state index < -0.39 is 12.1 Å². The summed E-state index contributed by atoms with van der Waals surface area (Å²) in [5, 5.41) is 17.6. The van der Waals surface area contributed by atoms with Gasteiger partial charge in [0, 0.05) is 0 Å². The van der Waals surface area contributed by atoms with Crippen LogP contribution in [0.1, 0.15) is 39.2 Å². The molecule has 1 unspecified atom stereocenters. The summed E-state index contributed by atoms with van der Waals surface area (Å²) in [5.74, 6) is -0.566. The SMILES string of the molecule is CC.CCCC(Oc1cccc(C#N)c1)C(=O)O. The number of ether oxygens (including phenoxy) is 1. The van der Waals surface area contributed by atoms with Crippen molar-refractivity contribution < 1.29 is 14.6 Å². The Morgan fingerprint density at radius 1 is 1.50 bits per heavy atom. The van der Waals surface area contributed by atoms with E-state index in [2.05, 4.69) is 0 Å². The van der Waals surface area contributed by atoms with Crippen molar-refractivity contribution in [3.63, 3.8) is 0 Å². The van der Waals surface area contributed by atoms with Gasteiger partial charge in [-0.25, -0.2) is 4.79 Å². The van der Waals surface area contributed by atoms with Crippen molar-refractivity contribution in [3.8, 4) is 11.8 Å². The van der Waals surface area contributed by atoms with Crippen molar-refractivity contribution in [2.75, 3.05) is 0 Å². The standard InChI is InChI=1S/C12H13NO3.C2H6/c1-2-4-11(12(14)15)16-10-6-3-5-9(7-10)8-13;1-2/h3,5-7,11H,2,4H2,1H3,(H,14,15);1-2H3. The van der Waals surface area contributed by atoms with Crippen molar-refractivity contribution in [1.82, 2.24) is 0 Å². The Labute approximate surface area is 108 Å². The molecule has 18 heavy (non-hydrogen) atoms. The monoisotopic (exact) mass is 249 g/mol. The second-order valence-electron chi connectivity index (χ2n) is 3.37. The first kappa shape index (κ1) is 16.0. The lowest BCUT2D eigenvalue weighted by molar-refractivity contribution is -0.145. The van der Waals surface area contributed by atoms with Gasteiger partial charge >= 0.3 is 5.97 Å². The van der Waals surface area contributed by atoms with E-state index in [4.69, 9.17) is 15.1 Å². The van der Waals surface area contributed by atoms with Crippen LogP contribution in [-0.4, -0.2) is 17.2 Å². The van der Waals surface area contributed by atoms with Crippen LogP contribution in [0.2, 0.25) is 0 Å². The number of benzene rings is 1. The molecule has 0 aliphatic rings. The Morgan fingerprint density at radius 3 is 2.67 bits per heavy atom. The van der Waals surface area contributed by atoms with Gasteiger partial charge in [-0.1, -0.05) is 33.3 Å². The lowest BCUT2D eigenvalue weighted by Crippen LogP contribution is -2.26. The van der Waals surface area contributed by atoms with Crippen LogP contribution >= 0.6 is 0 Å². The van der Waals surface area contributed by atoms with Crippen LogP contribution < -0.4 is 4.74 Å². The van der Waals surface area contributed by atoms with E-state index in [0.717, 1.165) is 6.42 Å². The lowest BCUT2D eigenvalue weighted by Gasteiger charge is -2.14. The summed E-state index contributed by atoms with van der Waals surface area (Å²) in [6, 6.07) is 8.46. The molecule has 98 valence electrons. The van der Waals surface area contributed by atoms with Gasteiger partial charge < -0.3 is 9.84 Å². The fourth-order valence-electron chi connectivity index (χ4n) is 1.30. The number of rotatable bonds is 5. The van der Waals surface area contributed by atoms with Crippen molar-refractivity contribution in [2.45, 2.75) is 39.7 Å². The first-order valence-corrected chi connectivity index (χ1v) is 6.07. The molecule has 0 saturated heterocycles. The van der Waals surface area contributed by atoms with Gasteiger partial charge in [0.05, 0.1) is 11.6 Å². The first-order chi connectivity index (χ1) is 8.67. The maximum Gasteiger partial charge on any atom is 0.344 e. The van der Waals surface area contributed by atoms with E-state index >= 15 is 0 Å². The predicted octanol–water partition coefficient (Wildman–Crippen LogP) is 3.22. The lowest BCUT2D eigenvalue weighted by atomic mass is 10.2. The molecule has 0 aromatic heterocycles. The van der Waals surface area contributed by atoms with Gasteiger partial charge in [0.1, 0.15) is 5.75 Å². The normalized spacial score (nSPS) is 10.6. The van der Waals surface area contributed by atoms with Crippen molar-refractivity contribution in [2.24, 2.45) is 0 Å². The number of hydrogen-bond donors (Lipinski definition) is 1. The van der Waals surface area contributed by atoms with Gasteiger partial charge in [0.15, 0.2) is 6.10 Å². The molecule has 1 N–H and O–H groups in total. The first-order valence-electron chi connectivity index (χ1n) is 6.07. The number of aliphatic carboxylic acids is 1. The van der Waals surface area contributed by atoms with Gasteiger partial charge in [0.25, 0.3) is 0 Å². The molecular formula is C14H19NO3. The molecule has 1 aromatic rings. The fourth-order valence-corrected chi connectivity index (χ4v) is 1.30. The van der Waals surface area contributed by atoms with Crippen LogP contribution in [0.5, 0.6) is 5.75 Å². The maximum absolute atomic E-state index is 10.9. The van der Waals surface area contributed by atoms with Crippen molar-refractivity contribution >= 4 is 5.97 Å². The zero-order valence-electron chi connectivity index (χ0n) is 11.0. The van der Waals surface area contributed by atoms with E-state index in [9.17, 15) is 4.79 Å². The van der Waals surface area contributed by atoms with Crippen LogP contribution in [0.3, 0.4) is 0 Å². The van der Waals surface area contributed by atoms with Gasteiger partial charge in [-0.2, -0.15) is 5.26 Å². The highest BCUT2D eigenvalue weighted by molar-refractivity contribution is 5.72. The van der Waals surface area contributed by atoms with Crippen LogP contribution in [0, 0.1) is 11.3 Å². The minimum atomic E-state index is -0.982. The van der Waals surface area contributed by atoms with E-state index in [1.54, 1.807) is 18.2 Å². The Balaban J connectivity index is 0.00000137. The summed E-state index contributed by atoms with van der Waals surface area (Å²) in [6.07, 6.45) is 0.333. The molecule has 1 atom stereocenters. The molecule has 0 amide bonds. The summed E-state index contributed by atoms with van der Waals surface area (Å²) in [4.78, 5) is 10.9. The topological polar surface area (TPSA) is 70.3 Å². The second kappa shape index (κ2) is 9.06. The molecule has 0 radical (unpaired) electrons. The highest BCUT2D eigenvalue weighted by Crippen LogP contribution is 2.16. The minimum Gasteiger partial charge on any atom is -0.479 e. The number of carbonyl (C=O) groups is 1. The number of hydrogen-bond acceptors (Lipinski definition) is 3. The van der Waals surface area contributed by atoms with E-state index in [-0.39, 0.29) is 0 Å². The largest absolute Gasteiger partial charge is 0.479 e.